The molecule has 0 N–H and O–H groups in total. The molecule has 106 valence electrons. The van der Waals surface area contributed by atoms with Crippen LogP contribution in [0.4, 0.5) is 4.39 Å². The summed E-state index contributed by atoms with van der Waals surface area (Å²) in [6, 6.07) is 12.0. The number of benzene rings is 1. The lowest BCUT2D eigenvalue weighted by Crippen LogP contribution is -2.28. The first-order valence-corrected chi connectivity index (χ1v) is 8.23. The van der Waals surface area contributed by atoms with Crippen molar-refractivity contribution in [2.24, 2.45) is 0 Å². The smallest absolute Gasteiger partial charge is 0.127 e. The average molecular weight is 289 g/mol. The van der Waals surface area contributed by atoms with Crippen molar-refractivity contribution in [2.75, 3.05) is 6.54 Å². The second-order valence-corrected chi connectivity index (χ2v) is 6.42. The van der Waals surface area contributed by atoms with Gasteiger partial charge in [-0.3, -0.25) is 4.90 Å². The molecule has 1 aliphatic rings. The van der Waals surface area contributed by atoms with Crippen molar-refractivity contribution in [1.29, 1.82) is 0 Å². The molecule has 0 amide bonds. The summed E-state index contributed by atoms with van der Waals surface area (Å²) in [4.78, 5) is 3.88. The van der Waals surface area contributed by atoms with Crippen molar-refractivity contribution in [2.45, 2.75) is 38.3 Å². The van der Waals surface area contributed by atoms with Crippen LogP contribution in [0.25, 0.3) is 0 Å². The first-order chi connectivity index (χ1) is 9.84. The molecular formula is C17H20FNS. The molecule has 1 atom stereocenters. The van der Waals surface area contributed by atoms with Gasteiger partial charge in [0.05, 0.1) is 0 Å². The van der Waals surface area contributed by atoms with Gasteiger partial charge in [-0.15, -0.1) is 11.3 Å². The Labute approximate surface area is 124 Å². The molecule has 2 heterocycles. The molecule has 1 fully saturated rings. The van der Waals surface area contributed by atoms with Crippen molar-refractivity contribution < 1.29 is 4.39 Å². The van der Waals surface area contributed by atoms with Crippen LogP contribution in [-0.2, 0) is 6.54 Å². The van der Waals surface area contributed by atoms with Gasteiger partial charge >= 0.3 is 0 Å². The molecule has 2 aromatic rings. The summed E-state index contributed by atoms with van der Waals surface area (Å²) in [5.41, 5.74) is 0.816. The normalized spacial score (nSPS) is 20.8. The predicted molar refractivity (Wildman–Crippen MR) is 82.3 cm³/mol. The first-order valence-electron chi connectivity index (χ1n) is 7.35. The number of rotatable bonds is 3. The highest BCUT2D eigenvalue weighted by Gasteiger charge is 2.24. The molecule has 3 heteroatoms. The van der Waals surface area contributed by atoms with Crippen molar-refractivity contribution in [3.8, 4) is 0 Å². The summed E-state index contributed by atoms with van der Waals surface area (Å²) in [5.74, 6) is -0.0818. The number of likely N-dealkylation sites (tertiary alicyclic amines) is 1. The summed E-state index contributed by atoms with van der Waals surface area (Å²) >= 11 is 1.82. The van der Waals surface area contributed by atoms with Crippen LogP contribution in [0.5, 0.6) is 0 Å². The zero-order valence-corrected chi connectivity index (χ0v) is 12.4. The molecule has 0 radical (unpaired) electrons. The molecule has 1 aromatic carbocycles. The molecule has 0 spiro atoms. The third-order valence-corrected chi connectivity index (χ3v) is 5.04. The molecule has 1 saturated heterocycles. The summed E-state index contributed by atoms with van der Waals surface area (Å²) in [6.45, 7) is 1.78. The summed E-state index contributed by atoms with van der Waals surface area (Å²) in [6.07, 6.45) is 4.97. The molecule has 20 heavy (non-hydrogen) atoms. The second-order valence-electron chi connectivity index (χ2n) is 5.44. The lowest BCUT2D eigenvalue weighted by molar-refractivity contribution is 0.193. The molecule has 3 rings (SSSR count). The van der Waals surface area contributed by atoms with Gasteiger partial charge in [0.2, 0.25) is 0 Å². The van der Waals surface area contributed by atoms with Crippen LogP contribution in [0.15, 0.2) is 41.8 Å². The van der Waals surface area contributed by atoms with E-state index < -0.39 is 0 Å². The molecule has 0 aliphatic carbocycles. The van der Waals surface area contributed by atoms with E-state index in [4.69, 9.17) is 0 Å². The third kappa shape index (κ3) is 3.10. The molecule has 1 nitrogen and oxygen atoms in total. The van der Waals surface area contributed by atoms with Gasteiger partial charge in [0, 0.05) is 23.0 Å². The highest BCUT2D eigenvalue weighted by molar-refractivity contribution is 7.10. The largest absolute Gasteiger partial charge is 0.291 e. The van der Waals surface area contributed by atoms with E-state index in [1.54, 1.807) is 12.1 Å². The van der Waals surface area contributed by atoms with Crippen LogP contribution in [0.2, 0.25) is 0 Å². The van der Waals surface area contributed by atoms with Gasteiger partial charge in [-0.2, -0.15) is 0 Å². The minimum atomic E-state index is -0.0818. The van der Waals surface area contributed by atoms with Crippen molar-refractivity contribution in [1.82, 2.24) is 4.90 Å². The fourth-order valence-corrected chi connectivity index (χ4v) is 3.90. The Balaban J connectivity index is 1.82. The Morgan fingerprint density at radius 1 is 1.10 bits per heavy atom. The first kappa shape index (κ1) is 13.8. The molecule has 0 bridgehead atoms. The zero-order chi connectivity index (χ0) is 13.8. The number of hydrogen-bond acceptors (Lipinski definition) is 2. The van der Waals surface area contributed by atoms with Crippen LogP contribution >= 0.6 is 11.3 Å². The van der Waals surface area contributed by atoms with Crippen LogP contribution in [0.3, 0.4) is 0 Å². The van der Waals surface area contributed by atoms with Gasteiger partial charge in [-0.05, 0) is 36.9 Å². The van der Waals surface area contributed by atoms with E-state index in [0.29, 0.717) is 6.04 Å². The second kappa shape index (κ2) is 6.51. The van der Waals surface area contributed by atoms with Crippen molar-refractivity contribution >= 4 is 11.3 Å². The van der Waals surface area contributed by atoms with Gasteiger partial charge in [-0.1, -0.05) is 37.1 Å². The molecule has 1 aliphatic heterocycles. The maximum Gasteiger partial charge on any atom is 0.127 e. The minimum Gasteiger partial charge on any atom is -0.291 e. The van der Waals surface area contributed by atoms with Crippen LogP contribution in [0, 0.1) is 5.82 Å². The molecule has 0 saturated carbocycles. The summed E-state index contributed by atoms with van der Waals surface area (Å²) in [5, 5.41) is 2.14. The quantitative estimate of drug-likeness (QED) is 0.768. The fourth-order valence-electron chi connectivity index (χ4n) is 3.01. The lowest BCUT2D eigenvalue weighted by atomic mass is 10.1. The molecule has 1 aromatic heterocycles. The average Bonchev–Trinajstić information content (AvgIpc) is 2.89. The Bertz CT molecular complexity index is 538. The molecular weight excluding hydrogens is 269 g/mol. The summed E-state index contributed by atoms with van der Waals surface area (Å²) < 4.78 is 13.9. The van der Waals surface area contributed by atoms with E-state index >= 15 is 0 Å². The topological polar surface area (TPSA) is 3.24 Å². The maximum absolute atomic E-state index is 13.9. The molecule has 1 unspecified atom stereocenters. The van der Waals surface area contributed by atoms with E-state index in [0.717, 1.165) is 18.7 Å². The fraction of sp³-hybridized carbons (Fsp3) is 0.412. The standard InChI is InChI=1S/C17H20FNS/c18-15-8-4-3-7-14(15)13-19-11-5-1-2-9-16(19)17-10-6-12-20-17/h3-4,6-8,10,12,16H,1-2,5,9,11,13H2. The minimum absolute atomic E-state index is 0.0818. The highest BCUT2D eigenvalue weighted by atomic mass is 32.1. The number of hydrogen-bond donors (Lipinski definition) is 0. The van der Waals surface area contributed by atoms with E-state index in [1.807, 2.05) is 23.5 Å². The summed E-state index contributed by atoms with van der Waals surface area (Å²) in [7, 11) is 0. The van der Waals surface area contributed by atoms with Crippen molar-refractivity contribution in [3.05, 3.63) is 58.0 Å². The SMILES string of the molecule is Fc1ccccc1CN1CCCCCC1c1cccs1. The van der Waals surface area contributed by atoms with Gasteiger partial charge in [-0.25, -0.2) is 4.39 Å². The van der Waals surface area contributed by atoms with Crippen LogP contribution in [0.1, 0.15) is 42.2 Å². The van der Waals surface area contributed by atoms with Gasteiger partial charge < -0.3 is 0 Å². The van der Waals surface area contributed by atoms with Crippen LogP contribution < -0.4 is 0 Å². The Hall–Kier alpha value is -1.19. The van der Waals surface area contributed by atoms with E-state index in [-0.39, 0.29) is 5.82 Å². The monoisotopic (exact) mass is 289 g/mol. The van der Waals surface area contributed by atoms with Crippen LogP contribution in [-0.4, -0.2) is 11.4 Å². The third-order valence-electron chi connectivity index (χ3n) is 4.07. The van der Waals surface area contributed by atoms with Gasteiger partial charge in [0.1, 0.15) is 5.82 Å². The maximum atomic E-state index is 13.9. The Morgan fingerprint density at radius 2 is 2.00 bits per heavy atom. The highest BCUT2D eigenvalue weighted by Crippen LogP contribution is 2.33. The number of thiophene rings is 1. The van der Waals surface area contributed by atoms with Gasteiger partial charge in [0.25, 0.3) is 0 Å². The predicted octanol–water partition coefficient (Wildman–Crippen LogP) is 5.00. The van der Waals surface area contributed by atoms with E-state index in [2.05, 4.69) is 22.4 Å². The van der Waals surface area contributed by atoms with Crippen molar-refractivity contribution in [3.63, 3.8) is 0 Å². The zero-order valence-electron chi connectivity index (χ0n) is 11.6. The lowest BCUT2D eigenvalue weighted by Gasteiger charge is -2.29. The van der Waals surface area contributed by atoms with Gasteiger partial charge in [0.15, 0.2) is 0 Å². The number of nitrogens with zero attached hydrogens (tertiary/aromatic N) is 1. The van der Waals surface area contributed by atoms with E-state index in [9.17, 15) is 4.39 Å². The Kier molecular flexibility index (Phi) is 4.48. The Morgan fingerprint density at radius 3 is 2.80 bits per heavy atom. The van der Waals surface area contributed by atoms with E-state index in [1.165, 1.54) is 30.6 Å². The number of halogens is 1.